The Hall–Kier alpha value is -0.760. The highest BCUT2D eigenvalue weighted by atomic mass is 31.2. The van der Waals surface area contributed by atoms with Crippen LogP contribution in [-0.2, 0) is 18.4 Å². The molecule has 52 heavy (non-hydrogen) atoms. The van der Waals surface area contributed by atoms with Crippen molar-refractivity contribution in [3.05, 3.63) is 12.2 Å². The number of allylic oxidation sites excluding steroid dienone is 1. The molecule has 0 aliphatic rings. The molecule has 0 aliphatic heterocycles. The standard InChI is InChI=1S/C43H87N2O6P/c1-6-8-10-12-14-16-17-18-19-20-21-22-23-24-25-26-27-29-30-32-34-36-42(46)41(40-51-52(48,49)50-39-38-45(3,4)5)44-43(47)37-35-33-31-28-15-13-11-9-7-2/h34,36,41-42,46H,6-33,35,37-40H2,1-5H3,(H-,44,47,48,49)/p+1/b36-34+. The molecule has 0 fully saturated rings. The summed E-state index contributed by atoms with van der Waals surface area (Å²) in [5.41, 5.74) is 0. The van der Waals surface area contributed by atoms with E-state index in [2.05, 4.69) is 19.2 Å². The van der Waals surface area contributed by atoms with Gasteiger partial charge in [0.25, 0.3) is 0 Å². The first kappa shape index (κ1) is 51.2. The fraction of sp³-hybridized carbons (Fsp3) is 0.930. The molecular weight excluding hydrogens is 671 g/mol. The molecule has 9 heteroatoms. The van der Waals surface area contributed by atoms with Crippen LogP contribution in [0.15, 0.2) is 12.2 Å². The SMILES string of the molecule is CCCCCCCCCCCCCCCCCCCCC/C=C/C(O)C(COP(=O)(O)OCC[N+](C)(C)C)NC(=O)CCCCCCCCCCC. The van der Waals surface area contributed by atoms with E-state index in [1.807, 2.05) is 27.2 Å². The number of carbonyl (C=O) groups is 1. The van der Waals surface area contributed by atoms with Gasteiger partial charge < -0.3 is 19.8 Å². The molecule has 8 nitrogen and oxygen atoms in total. The summed E-state index contributed by atoms with van der Waals surface area (Å²) in [6, 6.07) is -0.838. The number of likely N-dealkylation sites (N-methyl/N-ethyl adjacent to an activating group) is 1. The zero-order chi connectivity index (χ0) is 38.6. The van der Waals surface area contributed by atoms with Crippen molar-refractivity contribution in [2.24, 2.45) is 0 Å². The average molecular weight is 760 g/mol. The van der Waals surface area contributed by atoms with Gasteiger partial charge in [0.15, 0.2) is 0 Å². The fourth-order valence-electron chi connectivity index (χ4n) is 6.45. The van der Waals surface area contributed by atoms with Crippen LogP contribution in [0.4, 0.5) is 0 Å². The average Bonchev–Trinajstić information content (AvgIpc) is 3.09. The van der Waals surface area contributed by atoms with Crippen LogP contribution in [0.1, 0.15) is 206 Å². The quantitative estimate of drug-likeness (QED) is 0.0249. The zero-order valence-electron chi connectivity index (χ0n) is 35.1. The van der Waals surface area contributed by atoms with Gasteiger partial charge in [-0.15, -0.1) is 0 Å². The minimum absolute atomic E-state index is 0.0643. The zero-order valence-corrected chi connectivity index (χ0v) is 36.0. The number of aliphatic hydroxyl groups excluding tert-OH is 1. The molecule has 0 saturated heterocycles. The maximum atomic E-state index is 12.8. The number of amides is 1. The number of carbonyl (C=O) groups excluding carboxylic acids is 1. The van der Waals surface area contributed by atoms with E-state index in [1.165, 1.54) is 154 Å². The number of phosphoric acid groups is 1. The maximum absolute atomic E-state index is 12.8. The number of phosphoric ester groups is 1. The van der Waals surface area contributed by atoms with Crippen molar-refractivity contribution in [2.75, 3.05) is 40.9 Å². The Kier molecular flexibility index (Phi) is 35.4. The third-order valence-corrected chi connectivity index (χ3v) is 11.0. The number of rotatable bonds is 40. The number of hydrogen-bond donors (Lipinski definition) is 3. The van der Waals surface area contributed by atoms with Crippen molar-refractivity contribution in [3.8, 4) is 0 Å². The highest BCUT2D eigenvalue weighted by Gasteiger charge is 2.27. The molecule has 0 heterocycles. The summed E-state index contributed by atoms with van der Waals surface area (Å²) in [7, 11) is 1.58. The second-order valence-electron chi connectivity index (χ2n) is 16.4. The topological polar surface area (TPSA) is 105 Å². The van der Waals surface area contributed by atoms with Crippen molar-refractivity contribution in [1.29, 1.82) is 0 Å². The summed E-state index contributed by atoms with van der Waals surface area (Å²) in [5, 5.41) is 13.8. The maximum Gasteiger partial charge on any atom is 0.472 e. The molecule has 3 atom stereocenters. The summed E-state index contributed by atoms with van der Waals surface area (Å²) in [6.45, 7) is 4.80. The first-order valence-corrected chi connectivity index (χ1v) is 23.6. The van der Waals surface area contributed by atoms with Gasteiger partial charge in [-0.1, -0.05) is 193 Å². The van der Waals surface area contributed by atoms with Crippen LogP contribution in [0.3, 0.4) is 0 Å². The molecule has 0 rings (SSSR count). The van der Waals surface area contributed by atoms with Gasteiger partial charge in [-0.25, -0.2) is 4.57 Å². The number of aliphatic hydroxyl groups is 1. The van der Waals surface area contributed by atoms with E-state index in [9.17, 15) is 19.4 Å². The van der Waals surface area contributed by atoms with Crippen LogP contribution in [0.2, 0.25) is 0 Å². The van der Waals surface area contributed by atoms with Gasteiger partial charge in [-0.2, -0.15) is 0 Å². The lowest BCUT2D eigenvalue weighted by Gasteiger charge is -2.25. The third-order valence-electron chi connectivity index (χ3n) is 10.0. The van der Waals surface area contributed by atoms with Gasteiger partial charge in [-0.05, 0) is 19.3 Å². The minimum Gasteiger partial charge on any atom is -0.387 e. The Labute approximate surface area is 322 Å². The van der Waals surface area contributed by atoms with E-state index >= 15 is 0 Å². The predicted octanol–water partition coefficient (Wildman–Crippen LogP) is 12.0. The first-order valence-electron chi connectivity index (χ1n) is 22.1. The highest BCUT2D eigenvalue weighted by molar-refractivity contribution is 7.47. The van der Waals surface area contributed by atoms with E-state index in [4.69, 9.17) is 9.05 Å². The highest BCUT2D eigenvalue weighted by Crippen LogP contribution is 2.43. The Morgan fingerprint density at radius 2 is 1.02 bits per heavy atom. The molecule has 3 N–H and O–H groups in total. The number of nitrogens with zero attached hydrogens (tertiary/aromatic N) is 1. The predicted molar refractivity (Wildman–Crippen MR) is 222 cm³/mol. The van der Waals surface area contributed by atoms with Gasteiger partial charge in [-0.3, -0.25) is 13.8 Å². The smallest absolute Gasteiger partial charge is 0.387 e. The van der Waals surface area contributed by atoms with E-state index in [0.29, 0.717) is 17.4 Å². The van der Waals surface area contributed by atoms with Gasteiger partial charge in [0.05, 0.1) is 39.9 Å². The van der Waals surface area contributed by atoms with Crippen LogP contribution in [0.25, 0.3) is 0 Å². The van der Waals surface area contributed by atoms with Crippen LogP contribution < -0.4 is 5.32 Å². The van der Waals surface area contributed by atoms with Crippen molar-refractivity contribution in [1.82, 2.24) is 5.32 Å². The lowest BCUT2D eigenvalue weighted by Crippen LogP contribution is -2.45. The molecule has 310 valence electrons. The second-order valence-corrected chi connectivity index (χ2v) is 17.9. The Morgan fingerprint density at radius 3 is 1.42 bits per heavy atom. The van der Waals surface area contributed by atoms with E-state index in [0.717, 1.165) is 32.1 Å². The normalized spacial score (nSPS) is 14.5. The molecule has 0 aliphatic carbocycles. The van der Waals surface area contributed by atoms with Crippen LogP contribution >= 0.6 is 7.82 Å². The molecule has 0 aromatic carbocycles. The summed E-state index contributed by atoms with van der Waals surface area (Å²) < 4.78 is 23.5. The molecule has 0 radical (unpaired) electrons. The van der Waals surface area contributed by atoms with Crippen LogP contribution in [0.5, 0.6) is 0 Å². The molecule has 0 aromatic rings. The van der Waals surface area contributed by atoms with Gasteiger partial charge in [0.2, 0.25) is 5.91 Å². The molecule has 0 saturated carbocycles. The Bertz CT molecular complexity index is 865. The Morgan fingerprint density at radius 1 is 0.635 bits per heavy atom. The summed E-state index contributed by atoms with van der Waals surface area (Å²) >= 11 is 0. The molecule has 3 unspecified atom stereocenters. The number of unbranched alkanes of at least 4 members (excludes halogenated alkanes) is 27. The minimum atomic E-state index is -4.33. The Balaban J connectivity index is 4.29. The molecule has 0 spiro atoms. The molecule has 0 bridgehead atoms. The first-order chi connectivity index (χ1) is 25.0. The molecule has 0 aromatic heterocycles. The summed E-state index contributed by atoms with van der Waals surface area (Å²) in [5.74, 6) is -0.179. The van der Waals surface area contributed by atoms with Crippen molar-refractivity contribution >= 4 is 13.7 Å². The van der Waals surface area contributed by atoms with Gasteiger partial charge >= 0.3 is 7.82 Å². The number of quaternary nitrogens is 1. The summed E-state index contributed by atoms with van der Waals surface area (Å²) in [6.07, 6.45) is 40.0. The monoisotopic (exact) mass is 760 g/mol. The van der Waals surface area contributed by atoms with E-state index < -0.39 is 20.0 Å². The summed E-state index contributed by atoms with van der Waals surface area (Å²) in [4.78, 5) is 23.0. The number of hydrogen-bond acceptors (Lipinski definition) is 5. The molecule has 1 amide bonds. The van der Waals surface area contributed by atoms with Gasteiger partial charge in [0, 0.05) is 6.42 Å². The second kappa shape index (κ2) is 35.9. The fourth-order valence-corrected chi connectivity index (χ4v) is 7.19. The molecular formula is C43H88N2O6P+. The number of nitrogens with one attached hydrogen (secondary N) is 1. The lowest BCUT2D eigenvalue weighted by molar-refractivity contribution is -0.870. The lowest BCUT2D eigenvalue weighted by atomic mass is 10.0. The van der Waals surface area contributed by atoms with Crippen molar-refractivity contribution in [2.45, 2.75) is 219 Å². The van der Waals surface area contributed by atoms with Crippen LogP contribution in [0, 0.1) is 0 Å². The van der Waals surface area contributed by atoms with Crippen molar-refractivity contribution in [3.63, 3.8) is 0 Å². The van der Waals surface area contributed by atoms with Gasteiger partial charge in [0.1, 0.15) is 13.2 Å². The van der Waals surface area contributed by atoms with Crippen LogP contribution in [-0.4, -0.2) is 73.4 Å². The van der Waals surface area contributed by atoms with E-state index in [-0.39, 0.29) is 19.1 Å². The van der Waals surface area contributed by atoms with Crippen molar-refractivity contribution < 1.29 is 32.9 Å². The third kappa shape index (κ3) is 37.6. The largest absolute Gasteiger partial charge is 0.472 e. The van der Waals surface area contributed by atoms with E-state index in [1.54, 1.807) is 6.08 Å².